The normalized spacial score (nSPS) is 16.9. The SMILES string of the molecule is [Li][C]([Li])(CC(C)CCC1=CC(CCC(C)C[C]([Li])([Li])c2ccccc2)c2cccc3cccc1c23)c1ccccc1. The van der Waals surface area contributed by atoms with Gasteiger partial charge in [0, 0.05) is 0 Å². The third-order valence-corrected chi connectivity index (χ3v) is 9.79. The fourth-order valence-electron chi connectivity index (χ4n) is 7.65. The minimum absolute atomic E-state index is 0.195. The van der Waals surface area contributed by atoms with Gasteiger partial charge in [0.25, 0.3) is 0 Å². The van der Waals surface area contributed by atoms with Crippen molar-refractivity contribution in [2.75, 3.05) is 0 Å². The van der Waals surface area contributed by atoms with Crippen LogP contribution in [0.4, 0.5) is 0 Å². The van der Waals surface area contributed by atoms with E-state index in [0.29, 0.717) is 17.8 Å². The van der Waals surface area contributed by atoms with E-state index in [-0.39, 0.29) is 5.52 Å². The predicted octanol–water partition coefficient (Wildman–Crippen LogP) is 8.31. The first-order valence-corrected chi connectivity index (χ1v) is 16.0. The molecule has 41 heavy (non-hydrogen) atoms. The summed E-state index contributed by atoms with van der Waals surface area (Å²) in [6, 6.07) is 36.0. The van der Waals surface area contributed by atoms with E-state index in [4.69, 9.17) is 0 Å². The summed E-state index contributed by atoms with van der Waals surface area (Å²) in [5.41, 5.74) is 7.49. The third kappa shape index (κ3) is 7.87. The van der Waals surface area contributed by atoms with Crippen molar-refractivity contribution in [3.05, 3.63) is 125 Å². The van der Waals surface area contributed by atoms with Gasteiger partial charge in [0.2, 0.25) is 0 Å². The van der Waals surface area contributed by atoms with Gasteiger partial charge < -0.3 is 0 Å². The standard InChI is InChI=1S/C37H38.4Li/c1-28(19-23-30-11-5-3-6-12-30)21-25-33-27-34(26-22-29(2)20-24-31-13-7-4-8-14-31)36-18-10-16-32-15-9-17-35(33)37(32)36;;;;/h3-18,27-29,33H,19-22,25-26H2,1-2H3;;;;. The molecule has 0 saturated carbocycles. The molecule has 0 fully saturated rings. The summed E-state index contributed by atoms with van der Waals surface area (Å²) < 4.78 is 0.394. The zero-order chi connectivity index (χ0) is 29.0. The molecule has 4 aromatic rings. The van der Waals surface area contributed by atoms with Gasteiger partial charge in [0.15, 0.2) is 0 Å². The second-order valence-corrected chi connectivity index (χ2v) is 14.3. The summed E-state index contributed by atoms with van der Waals surface area (Å²) in [5, 5.41) is 2.90. The third-order valence-electron chi connectivity index (χ3n) is 9.79. The van der Waals surface area contributed by atoms with Gasteiger partial charge >= 0.3 is 288 Å². The van der Waals surface area contributed by atoms with Crippen molar-refractivity contribution in [3.8, 4) is 0 Å². The molecule has 0 heterocycles. The monoisotopic (exact) mass is 510 g/mol. The summed E-state index contributed by atoms with van der Waals surface area (Å²) in [7, 11) is 0. The van der Waals surface area contributed by atoms with Crippen molar-refractivity contribution >= 4 is 87.2 Å². The van der Waals surface area contributed by atoms with E-state index in [2.05, 4.69) is 188 Å². The molecule has 0 aromatic heterocycles. The van der Waals surface area contributed by atoms with Gasteiger partial charge in [-0.3, -0.25) is 0 Å². The summed E-state index contributed by atoms with van der Waals surface area (Å²) in [5.74, 6) is 1.85. The van der Waals surface area contributed by atoms with E-state index < -0.39 is 0 Å². The minimum atomic E-state index is 0.195. The summed E-state index contributed by atoms with van der Waals surface area (Å²) in [6.45, 7) is 4.92. The van der Waals surface area contributed by atoms with E-state index in [1.165, 1.54) is 65.1 Å². The van der Waals surface area contributed by atoms with E-state index in [1.807, 2.05) is 0 Å². The van der Waals surface area contributed by atoms with Crippen LogP contribution in [-0.2, 0) is 5.52 Å². The first kappa shape index (κ1) is 31.7. The number of benzene rings is 4. The van der Waals surface area contributed by atoms with Crippen LogP contribution in [0.3, 0.4) is 0 Å². The molecule has 0 N–H and O–H groups in total. The van der Waals surface area contributed by atoms with Crippen molar-refractivity contribution < 1.29 is 0 Å². The molecule has 0 saturated heterocycles. The second kappa shape index (κ2) is 13.9. The molecule has 0 radical (unpaired) electrons. The van der Waals surface area contributed by atoms with Gasteiger partial charge in [-0.2, -0.15) is 0 Å². The Labute approximate surface area is 285 Å². The molecule has 4 heteroatoms. The maximum atomic E-state index is 2.65. The van der Waals surface area contributed by atoms with Gasteiger partial charge in [-0.05, 0) is 0 Å². The number of hydrogen-bond acceptors (Lipinski definition) is 0. The molecule has 1 aliphatic rings. The van der Waals surface area contributed by atoms with Gasteiger partial charge in [-0.1, -0.05) is 0 Å². The molecular weight excluding hydrogens is 472 g/mol. The van der Waals surface area contributed by atoms with Crippen LogP contribution in [0.15, 0.2) is 103 Å². The Morgan fingerprint density at radius 2 is 1.17 bits per heavy atom. The van der Waals surface area contributed by atoms with Gasteiger partial charge in [0.05, 0.1) is 0 Å². The summed E-state index contributed by atoms with van der Waals surface area (Å²) >= 11 is 9.64. The van der Waals surface area contributed by atoms with Gasteiger partial charge in [-0.15, -0.1) is 0 Å². The Bertz CT molecular complexity index is 1470. The Hall–Kier alpha value is -0.730. The van der Waals surface area contributed by atoms with E-state index in [1.54, 1.807) is 5.57 Å². The average molecular weight is 510 g/mol. The fraction of sp³-hybridized carbons (Fsp3) is 0.351. The van der Waals surface area contributed by atoms with Crippen LogP contribution in [0.2, 0.25) is 0 Å². The van der Waals surface area contributed by atoms with E-state index in [9.17, 15) is 0 Å². The molecule has 0 nitrogen and oxygen atoms in total. The maximum absolute atomic E-state index is 2.65. The number of allylic oxidation sites excluding steroid dienone is 2. The molecule has 0 aliphatic heterocycles. The molecule has 0 spiro atoms. The topological polar surface area (TPSA) is 0 Å². The molecule has 0 bridgehead atoms. The summed E-state index contributed by atoms with van der Waals surface area (Å²) in [4.78, 5) is 0. The molecular formula is C37H38Li4. The van der Waals surface area contributed by atoms with Crippen LogP contribution in [0.25, 0.3) is 16.3 Å². The van der Waals surface area contributed by atoms with Crippen molar-refractivity contribution in [2.45, 2.75) is 63.8 Å². The Morgan fingerprint density at radius 1 is 0.634 bits per heavy atom. The fourth-order valence-corrected chi connectivity index (χ4v) is 7.65. The number of hydrogen-bond donors (Lipinski definition) is 0. The van der Waals surface area contributed by atoms with Crippen LogP contribution in [0.5, 0.6) is 0 Å². The average Bonchev–Trinajstić information content (AvgIpc) is 2.97. The Morgan fingerprint density at radius 3 is 1.76 bits per heavy atom. The van der Waals surface area contributed by atoms with E-state index >= 15 is 0 Å². The Balaban J connectivity index is 1.30. The van der Waals surface area contributed by atoms with Crippen LogP contribution in [-0.4, -0.2) is 70.9 Å². The van der Waals surface area contributed by atoms with Gasteiger partial charge in [-0.25, -0.2) is 0 Å². The molecule has 0 amide bonds. The van der Waals surface area contributed by atoms with Crippen molar-refractivity contribution in [3.63, 3.8) is 0 Å². The van der Waals surface area contributed by atoms with Gasteiger partial charge in [0.1, 0.15) is 0 Å². The quantitative estimate of drug-likeness (QED) is 0.168. The molecule has 1 aliphatic carbocycles. The first-order valence-electron chi connectivity index (χ1n) is 16.0. The molecule has 5 rings (SSSR count). The zero-order valence-corrected chi connectivity index (χ0v) is 26.3. The first-order chi connectivity index (χ1) is 19.6. The van der Waals surface area contributed by atoms with Crippen LogP contribution in [0, 0.1) is 11.8 Å². The van der Waals surface area contributed by atoms with Crippen molar-refractivity contribution in [2.24, 2.45) is 11.8 Å². The van der Waals surface area contributed by atoms with Crippen molar-refractivity contribution in [1.29, 1.82) is 0 Å². The van der Waals surface area contributed by atoms with Crippen LogP contribution < -0.4 is 0 Å². The molecule has 3 unspecified atom stereocenters. The van der Waals surface area contributed by atoms with Crippen LogP contribution in [0.1, 0.15) is 80.5 Å². The molecule has 190 valence electrons. The second-order valence-electron chi connectivity index (χ2n) is 14.3. The van der Waals surface area contributed by atoms with Crippen molar-refractivity contribution in [1.82, 2.24) is 0 Å². The summed E-state index contributed by atoms with van der Waals surface area (Å²) in [6.07, 6.45) is 9.95. The molecule has 3 atom stereocenters. The molecule has 4 aromatic carbocycles. The van der Waals surface area contributed by atoms with E-state index in [0.717, 1.165) is 6.42 Å². The predicted molar refractivity (Wildman–Crippen MR) is 180 cm³/mol. The Kier molecular flexibility index (Phi) is 10.8. The number of rotatable bonds is 12. The van der Waals surface area contributed by atoms with Crippen LogP contribution >= 0.6 is 0 Å². The zero-order valence-electron chi connectivity index (χ0n) is 26.3.